The lowest BCUT2D eigenvalue weighted by molar-refractivity contribution is -0.173. The van der Waals surface area contributed by atoms with Gasteiger partial charge >= 0.3 is 12.1 Å². The molecular formula is C27H34N2O6Si. The predicted octanol–water partition coefficient (Wildman–Crippen LogP) is 2.46. The second-order valence-electron chi connectivity index (χ2n) is 10.5. The molecule has 2 atom stereocenters. The van der Waals surface area contributed by atoms with Crippen molar-refractivity contribution < 1.29 is 28.7 Å². The fourth-order valence-electron chi connectivity index (χ4n) is 5.78. The summed E-state index contributed by atoms with van der Waals surface area (Å²) in [6, 6.07) is 19.1. The number of ether oxygens (including phenoxy) is 1. The van der Waals surface area contributed by atoms with Crippen molar-refractivity contribution in [2.24, 2.45) is 0 Å². The second-order valence-corrected chi connectivity index (χ2v) is 14.8. The standard InChI is InChI=1S/C27H34N2O6Si/c1-26(2,3)36(20-12-7-5-8-13-20,21-14-9-6-10-15-21)35-18-22(23(30)34-4)28-19-27(24(28)31)16-11-17-29(27)25(32)33/h5-10,12-15,22H,11,16-19H2,1-4H3,(H,32,33). The molecule has 0 radical (unpaired) electrons. The molecule has 0 saturated carbocycles. The molecule has 2 amide bonds. The highest BCUT2D eigenvalue weighted by Crippen LogP contribution is 2.41. The molecular weight excluding hydrogens is 476 g/mol. The average molecular weight is 511 g/mol. The fourth-order valence-corrected chi connectivity index (χ4v) is 10.3. The third kappa shape index (κ3) is 4.10. The van der Waals surface area contributed by atoms with E-state index in [0.29, 0.717) is 19.4 Å². The summed E-state index contributed by atoms with van der Waals surface area (Å²) in [4.78, 5) is 40.7. The Balaban J connectivity index is 1.69. The van der Waals surface area contributed by atoms with E-state index in [9.17, 15) is 19.5 Å². The smallest absolute Gasteiger partial charge is 0.408 e. The number of likely N-dealkylation sites (tertiary alicyclic amines) is 2. The molecule has 0 aliphatic carbocycles. The minimum absolute atomic E-state index is 0.0468. The van der Waals surface area contributed by atoms with Crippen molar-refractivity contribution in [1.82, 2.24) is 9.80 Å². The maximum absolute atomic E-state index is 13.4. The van der Waals surface area contributed by atoms with E-state index in [0.717, 1.165) is 10.4 Å². The Kier molecular flexibility index (Phi) is 6.98. The number of nitrogens with zero attached hydrogens (tertiary/aromatic N) is 2. The van der Waals surface area contributed by atoms with E-state index in [1.807, 2.05) is 36.4 Å². The lowest BCUT2D eigenvalue weighted by Crippen LogP contribution is -2.76. The number of methoxy groups -OCH3 is 1. The van der Waals surface area contributed by atoms with Gasteiger partial charge in [-0.1, -0.05) is 81.4 Å². The predicted molar refractivity (Wildman–Crippen MR) is 138 cm³/mol. The Hall–Kier alpha value is -3.17. The Labute approximate surface area is 212 Å². The molecule has 2 aliphatic rings. The summed E-state index contributed by atoms with van der Waals surface area (Å²) in [5, 5.41) is 11.4. The number of carboxylic acid groups (broad SMARTS) is 1. The van der Waals surface area contributed by atoms with Crippen molar-refractivity contribution in [2.45, 2.75) is 50.2 Å². The van der Waals surface area contributed by atoms with E-state index < -0.39 is 32.0 Å². The van der Waals surface area contributed by atoms with Gasteiger partial charge in [-0.25, -0.2) is 9.59 Å². The van der Waals surface area contributed by atoms with Crippen molar-refractivity contribution in [3.05, 3.63) is 60.7 Å². The van der Waals surface area contributed by atoms with Gasteiger partial charge < -0.3 is 19.2 Å². The number of esters is 1. The SMILES string of the molecule is COC(=O)C(CO[Si](c1ccccc1)(c1ccccc1)C(C)(C)C)N1CC2(CCCN2C(=O)O)C1=O. The minimum atomic E-state index is -2.95. The van der Waals surface area contributed by atoms with Gasteiger partial charge in [-0.2, -0.15) is 0 Å². The molecule has 2 aromatic carbocycles. The highest BCUT2D eigenvalue weighted by atomic mass is 28.4. The van der Waals surface area contributed by atoms with Crippen LogP contribution in [0.1, 0.15) is 33.6 Å². The van der Waals surface area contributed by atoms with Gasteiger partial charge in [0.2, 0.25) is 0 Å². The minimum Gasteiger partial charge on any atom is -0.467 e. The van der Waals surface area contributed by atoms with Crippen LogP contribution in [0.15, 0.2) is 60.7 Å². The normalized spacial score (nSPS) is 20.8. The molecule has 4 rings (SSSR count). The molecule has 0 bridgehead atoms. The molecule has 1 spiro atoms. The van der Waals surface area contributed by atoms with Gasteiger partial charge in [0.1, 0.15) is 5.54 Å². The number of hydrogen-bond acceptors (Lipinski definition) is 5. The van der Waals surface area contributed by atoms with Crippen LogP contribution in [0.4, 0.5) is 4.79 Å². The van der Waals surface area contributed by atoms with E-state index in [1.165, 1.54) is 16.9 Å². The molecule has 8 nitrogen and oxygen atoms in total. The first-order valence-corrected chi connectivity index (χ1v) is 14.1. The molecule has 36 heavy (non-hydrogen) atoms. The zero-order chi connectivity index (χ0) is 26.1. The molecule has 2 fully saturated rings. The van der Waals surface area contributed by atoms with Gasteiger partial charge in [0.05, 0.1) is 20.3 Å². The Morgan fingerprint density at radius 1 is 1.06 bits per heavy atom. The van der Waals surface area contributed by atoms with Crippen LogP contribution in [-0.4, -0.2) is 79.6 Å². The number of β-lactam (4-membered cyclic amide) rings is 1. The third-order valence-corrected chi connectivity index (χ3v) is 12.5. The van der Waals surface area contributed by atoms with Crippen molar-refractivity contribution in [3.63, 3.8) is 0 Å². The van der Waals surface area contributed by atoms with E-state index in [1.54, 1.807) is 0 Å². The number of rotatable bonds is 7. The van der Waals surface area contributed by atoms with Gasteiger partial charge in [-0.3, -0.25) is 9.69 Å². The molecule has 2 heterocycles. The van der Waals surface area contributed by atoms with Crippen LogP contribution in [0.2, 0.25) is 5.04 Å². The first-order valence-electron chi connectivity index (χ1n) is 12.2. The molecule has 2 saturated heterocycles. The largest absolute Gasteiger partial charge is 0.467 e. The van der Waals surface area contributed by atoms with Crippen LogP contribution in [0.3, 0.4) is 0 Å². The summed E-state index contributed by atoms with van der Waals surface area (Å²) in [6.45, 7) is 6.84. The number of amides is 2. The van der Waals surface area contributed by atoms with E-state index in [2.05, 4.69) is 45.0 Å². The lowest BCUT2D eigenvalue weighted by Gasteiger charge is -2.52. The number of hydrogen-bond donors (Lipinski definition) is 1. The number of carbonyl (C=O) groups excluding carboxylic acids is 2. The van der Waals surface area contributed by atoms with Crippen molar-refractivity contribution >= 4 is 36.7 Å². The maximum atomic E-state index is 13.4. The lowest BCUT2D eigenvalue weighted by atomic mass is 9.84. The zero-order valence-corrected chi connectivity index (χ0v) is 22.3. The summed E-state index contributed by atoms with van der Waals surface area (Å²) >= 11 is 0. The van der Waals surface area contributed by atoms with Gasteiger partial charge in [-0.05, 0) is 28.3 Å². The molecule has 2 unspecified atom stereocenters. The van der Waals surface area contributed by atoms with Crippen LogP contribution < -0.4 is 10.4 Å². The van der Waals surface area contributed by atoms with Crippen LogP contribution in [0, 0.1) is 0 Å². The molecule has 2 aliphatic heterocycles. The van der Waals surface area contributed by atoms with Crippen LogP contribution in [-0.2, 0) is 18.8 Å². The zero-order valence-electron chi connectivity index (χ0n) is 21.3. The van der Waals surface area contributed by atoms with Gasteiger partial charge in [0.25, 0.3) is 14.2 Å². The Morgan fingerprint density at radius 2 is 1.61 bits per heavy atom. The van der Waals surface area contributed by atoms with Gasteiger partial charge in [0.15, 0.2) is 6.04 Å². The summed E-state index contributed by atoms with van der Waals surface area (Å²) in [6.07, 6.45) is -0.0375. The van der Waals surface area contributed by atoms with Crippen molar-refractivity contribution in [3.8, 4) is 0 Å². The summed E-state index contributed by atoms with van der Waals surface area (Å²) in [7, 11) is -1.66. The van der Waals surface area contributed by atoms with E-state index >= 15 is 0 Å². The monoisotopic (exact) mass is 510 g/mol. The molecule has 1 N–H and O–H groups in total. The maximum Gasteiger partial charge on any atom is 0.408 e. The Bertz CT molecular complexity index is 1080. The number of benzene rings is 2. The molecule has 192 valence electrons. The fraction of sp³-hybridized carbons (Fsp3) is 0.444. The molecule has 2 aromatic rings. The van der Waals surface area contributed by atoms with Crippen molar-refractivity contribution in [2.75, 3.05) is 26.8 Å². The quantitative estimate of drug-likeness (QED) is 0.349. The molecule has 9 heteroatoms. The molecule has 0 aromatic heterocycles. The summed E-state index contributed by atoms with van der Waals surface area (Å²) in [5.74, 6) is -0.931. The van der Waals surface area contributed by atoms with Crippen molar-refractivity contribution in [1.29, 1.82) is 0 Å². The van der Waals surface area contributed by atoms with E-state index in [-0.39, 0.29) is 24.1 Å². The topological polar surface area (TPSA) is 96.4 Å². The summed E-state index contributed by atoms with van der Waals surface area (Å²) < 4.78 is 12.0. The van der Waals surface area contributed by atoms with Crippen LogP contribution in [0.5, 0.6) is 0 Å². The Morgan fingerprint density at radius 3 is 2.06 bits per heavy atom. The number of carbonyl (C=O) groups is 3. The third-order valence-electron chi connectivity index (χ3n) is 7.53. The van der Waals surface area contributed by atoms with Gasteiger partial charge in [-0.15, -0.1) is 0 Å². The summed E-state index contributed by atoms with van der Waals surface area (Å²) in [5.41, 5.74) is -1.09. The average Bonchev–Trinajstić information content (AvgIpc) is 3.33. The van der Waals surface area contributed by atoms with Crippen LogP contribution >= 0.6 is 0 Å². The first kappa shape index (κ1) is 25.9. The highest BCUT2D eigenvalue weighted by molar-refractivity contribution is 6.99. The first-order chi connectivity index (χ1) is 17.1. The highest BCUT2D eigenvalue weighted by Gasteiger charge is 2.62. The van der Waals surface area contributed by atoms with E-state index in [4.69, 9.17) is 9.16 Å². The second kappa shape index (κ2) is 9.70. The van der Waals surface area contributed by atoms with Crippen LogP contribution in [0.25, 0.3) is 0 Å². The van der Waals surface area contributed by atoms with Gasteiger partial charge in [0, 0.05) is 6.54 Å².